The Hall–Kier alpha value is -1.06. The Balaban J connectivity index is 0.00000220. The van der Waals surface area contributed by atoms with Crippen molar-refractivity contribution in [3.8, 4) is 0 Å². The highest BCUT2D eigenvalue weighted by Gasteiger charge is 2.43. The van der Waals surface area contributed by atoms with Crippen molar-refractivity contribution in [3.05, 3.63) is 35.4 Å². The van der Waals surface area contributed by atoms with E-state index in [1.807, 2.05) is 7.05 Å². The Labute approximate surface area is 134 Å². The van der Waals surface area contributed by atoms with E-state index in [1.165, 1.54) is 11.1 Å². The van der Waals surface area contributed by atoms with Crippen molar-refractivity contribution in [3.63, 3.8) is 0 Å². The average Bonchev–Trinajstić information content (AvgIpc) is 3.25. The van der Waals surface area contributed by atoms with Crippen LogP contribution in [0.3, 0.4) is 0 Å². The van der Waals surface area contributed by atoms with Gasteiger partial charge in [-0.3, -0.25) is 4.79 Å². The van der Waals surface area contributed by atoms with E-state index < -0.39 is 0 Å². The van der Waals surface area contributed by atoms with Crippen LogP contribution in [0, 0.1) is 5.92 Å². The number of nitrogens with one attached hydrogen (secondary N) is 2. The minimum Gasteiger partial charge on any atom is -0.354 e. The minimum atomic E-state index is 0. The monoisotopic (exact) mass is 310 g/mol. The number of likely N-dealkylation sites (N-methyl/N-ethyl adjacent to an activating group) is 1. The van der Waals surface area contributed by atoms with Crippen molar-refractivity contribution in [1.82, 2.24) is 10.6 Å². The van der Waals surface area contributed by atoms with Crippen LogP contribution in [-0.4, -0.2) is 25.5 Å². The largest absolute Gasteiger partial charge is 0.354 e. The zero-order valence-electron chi connectivity index (χ0n) is 13.3. The Morgan fingerprint density at radius 1 is 1.24 bits per heavy atom. The third kappa shape index (κ3) is 4.72. The highest BCUT2D eigenvalue weighted by atomic mass is 35.5. The van der Waals surface area contributed by atoms with Crippen molar-refractivity contribution in [2.75, 3.05) is 13.6 Å². The Morgan fingerprint density at radius 2 is 1.86 bits per heavy atom. The van der Waals surface area contributed by atoms with Crippen molar-refractivity contribution in [1.29, 1.82) is 0 Å². The SMILES string of the molecule is CNC(C)CNC(=O)C1CC1c1ccc(C(C)C)cc1.Cl. The molecule has 0 bridgehead atoms. The van der Waals surface area contributed by atoms with Crippen LogP contribution in [0.25, 0.3) is 0 Å². The number of hydrogen-bond acceptors (Lipinski definition) is 2. The van der Waals surface area contributed by atoms with Gasteiger partial charge < -0.3 is 10.6 Å². The zero-order valence-corrected chi connectivity index (χ0v) is 14.2. The molecule has 0 spiro atoms. The quantitative estimate of drug-likeness (QED) is 0.848. The minimum absolute atomic E-state index is 0. The summed E-state index contributed by atoms with van der Waals surface area (Å²) >= 11 is 0. The summed E-state index contributed by atoms with van der Waals surface area (Å²) in [7, 11) is 1.91. The Kier molecular flexibility index (Phi) is 6.69. The van der Waals surface area contributed by atoms with Crippen LogP contribution in [0.2, 0.25) is 0 Å². The summed E-state index contributed by atoms with van der Waals surface area (Å²) in [5, 5.41) is 6.15. The second kappa shape index (κ2) is 7.81. The van der Waals surface area contributed by atoms with Crippen LogP contribution in [0.15, 0.2) is 24.3 Å². The molecular formula is C17H27ClN2O. The maximum atomic E-state index is 12.0. The van der Waals surface area contributed by atoms with Gasteiger partial charge in [0.2, 0.25) is 5.91 Å². The molecule has 3 nitrogen and oxygen atoms in total. The van der Waals surface area contributed by atoms with E-state index >= 15 is 0 Å². The van der Waals surface area contributed by atoms with Crippen molar-refractivity contribution < 1.29 is 4.79 Å². The molecule has 2 N–H and O–H groups in total. The van der Waals surface area contributed by atoms with Crippen molar-refractivity contribution in [2.24, 2.45) is 5.92 Å². The van der Waals surface area contributed by atoms with Gasteiger partial charge in [-0.2, -0.15) is 0 Å². The summed E-state index contributed by atoms with van der Waals surface area (Å²) in [5.41, 5.74) is 2.66. The summed E-state index contributed by atoms with van der Waals surface area (Å²) in [5.74, 6) is 1.35. The highest BCUT2D eigenvalue weighted by Crippen LogP contribution is 2.47. The number of amides is 1. The van der Waals surface area contributed by atoms with E-state index in [1.54, 1.807) is 0 Å². The molecular weight excluding hydrogens is 284 g/mol. The predicted molar refractivity (Wildman–Crippen MR) is 90.2 cm³/mol. The molecule has 3 unspecified atom stereocenters. The molecule has 0 aromatic heterocycles. The summed E-state index contributed by atoms with van der Waals surface area (Å²) in [6, 6.07) is 9.07. The summed E-state index contributed by atoms with van der Waals surface area (Å²) in [4.78, 5) is 12.0. The van der Waals surface area contributed by atoms with E-state index in [0.717, 1.165) is 6.42 Å². The highest BCUT2D eigenvalue weighted by molar-refractivity contribution is 5.85. The first-order valence-corrected chi connectivity index (χ1v) is 7.57. The fourth-order valence-corrected chi connectivity index (χ4v) is 2.47. The number of halogens is 1. The molecule has 1 aromatic carbocycles. The molecule has 4 heteroatoms. The van der Waals surface area contributed by atoms with Gasteiger partial charge in [0, 0.05) is 18.5 Å². The topological polar surface area (TPSA) is 41.1 Å². The fourth-order valence-electron chi connectivity index (χ4n) is 2.47. The van der Waals surface area contributed by atoms with Gasteiger partial charge in [0.15, 0.2) is 0 Å². The van der Waals surface area contributed by atoms with Gasteiger partial charge in [0.05, 0.1) is 0 Å². The second-order valence-electron chi connectivity index (χ2n) is 6.20. The van der Waals surface area contributed by atoms with Crippen molar-refractivity contribution >= 4 is 18.3 Å². The summed E-state index contributed by atoms with van der Waals surface area (Å²) < 4.78 is 0. The van der Waals surface area contributed by atoms with E-state index in [9.17, 15) is 4.79 Å². The lowest BCUT2D eigenvalue weighted by atomic mass is 10.00. The maximum Gasteiger partial charge on any atom is 0.223 e. The number of carbonyl (C=O) groups is 1. The van der Waals surface area contributed by atoms with Crippen LogP contribution < -0.4 is 10.6 Å². The van der Waals surface area contributed by atoms with Gasteiger partial charge in [-0.25, -0.2) is 0 Å². The van der Waals surface area contributed by atoms with Gasteiger partial charge in [0.25, 0.3) is 0 Å². The molecule has 3 atom stereocenters. The maximum absolute atomic E-state index is 12.0. The molecule has 1 saturated carbocycles. The molecule has 0 radical (unpaired) electrons. The van der Waals surface area contributed by atoms with Gasteiger partial charge in [-0.1, -0.05) is 38.1 Å². The lowest BCUT2D eigenvalue weighted by molar-refractivity contribution is -0.122. The normalized spacial score (nSPS) is 21.6. The first-order valence-electron chi connectivity index (χ1n) is 7.57. The van der Waals surface area contributed by atoms with Crippen LogP contribution >= 0.6 is 12.4 Å². The summed E-state index contributed by atoms with van der Waals surface area (Å²) in [6.45, 7) is 7.16. The van der Waals surface area contributed by atoms with Crippen LogP contribution in [-0.2, 0) is 4.79 Å². The van der Waals surface area contributed by atoms with Gasteiger partial charge in [-0.05, 0) is 43.4 Å². The summed E-state index contributed by atoms with van der Waals surface area (Å²) in [6.07, 6.45) is 0.987. The Morgan fingerprint density at radius 3 is 2.38 bits per heavy atom. The van der Waals surface area contributed by atoms with Crippen LogP contribution in [0.4, 0.5) is 0 Å². The number of carbonyl (C=O) groups excluding carboxylic acids is 1. The molecule has 1 aliphatic rings. The van der Waals surface area contributed by atoms with Crippen LogP contribution in [0.1, 0.15) is 50.2 Å². The number of hydrogen-bond donors (Lipinski definition) is 2. The smallest absolute Gasteiger partial charge is 0.223 e. The van der Waals surface area contributed by atoms with Gasteiger partial charge >= 0.3 is 0 Å². The van der Waals surface area contributed by atoms with Gasteiger partial charge in [-0.15, -0.1) is 12.4 Å². The third-order valence-corrected chi connectivity index (χ3v) is 4.23. The standard InChI is InChI=1S/C17H26N2O.ClH/c1-11(2)13-5-7-14(8-6-13)15-9-16(15)17(20)19-10-12(3)18-4;/h5-8,11-12,15-16,18H,9-10H2,1-4H3,(H,19,20);1H. The van der Waals surface area contributed by atoms with Crippen molar-refractivity contribution in [2.45, 2.75) is 45.1 Å². The molecule has 2 rings (SSSR count). The molecule has 118 valence electrons. The van der Waals surface area contributed by atoms with E-state index in [2.05, 4.69) is 55.7 Å². The average molecular weight is 311 g/mol. The molecule has 0 saturated heterocycles. The molecule has 1 aliphatic carbocycles. The predicted octanol–water partition coefficient (Wildman–Crippen LogP) is 3.06. The number of rotatable bonds is 6. The number of benzene rings is 1. The molecule has 0 aliphatic heterocycles. The first-order chi connectivity index (χ1) is 9.52. The zero-order chi connectivity index (χ0) is 14.7. The van der Waals surface area contributed by atoms with E-state index in [4.69, 9.17) is 0 Å². The first kappa shape index (κ1) is 18.0. The fraction of sp³-hybridized carbons (Fsp3) is 0.588. The second-order valence-corrected chi connectivity index (χ2v) is 6.20. The molecule has 1 amide bonds. The molecule has 0 heterocycles. The van der Waals surface area contributed by atoms with Crippen LogP contribution in [0.5, 0.6) is 0 Å². The van der Waals surface area contributed by atoms with Gasteiger partial charge in [0.1, 0.15) is 0 Å². The van der Waals surface area contributed by atoms with E-state index in [-0.39, 0.29) is 24.2 Å². The molecule has 1 fully saturated rings. The Bertz CT molecular complexity index is 458. The molecule has 1 aromatic rings. The van der Waals surface area contributed by atoms with E-state index in [0.29, 0.717) is 24.4 Å². The molecule has 21 heavy (non-hydrogen) atoms. The lowest BCUT2D eigenvalue weighted by Gasteiger charge is -2.11. The lowest BCUT2D eigenvalue weighted by Crippen LogP contribution is -2.37. The third-order valence-electron chi connectivity index (χ3n) is 4.23.